The Morgan fingerprint density at radius 1 is 1.29 bits per heavy atom. The largest absolute Gasteiger partial charge is 0.459 e. The number of rotatable bonds is 3. The van der Waals surface area contributed by atoms with Gasteiger partial charge in [0.1, 0.15) is 11.1 Å². The lowest BCUT2D eigenvalue weighted by Crippen LogP contribution is -2.58. The Hall–Kier alpha value is -0.650. The van der Waals surface area contributed by atoms with E-state index in [1.54, 1.807) is 6.92 Å². The van der Waals surface area contributed by atoms with E-state index in [1.165, 1.54) is 0 Å². The van der Waals surface area contributed by atoms with Crippen molar-refractivity contribution in [3.8, 4) is 0 Å². The van der Waals surface area contributed by atoms with E-state index in [4.69, 9.17) is 4.74 Å². The maximum Gasteiger partial charge on any atom is 0.329 e. The summed E-state index contributed by atoms with van der Waals surface area (Å²) in [5.41, 5.74) is 0.610. The van der Waals surface area contributed by atoms with Crippen molar-refractivity contribution >= 4 is 5.97 Å². The third kappa shape index (κ3) is 3.66. The van der Waals surface area contributed by atoms with Crippen LogP contribution in [0.2, 0.25) is 0 Å². The molecule has 0 aromatic carbocycles. The van der Waals surface area contributed by atoms with Crippen LogP contribution in [0.15, 0.2) is 0 Å². The van der Waals surface area contributed by atoms with Crippen molar-refractivity contribution < 1.29 is 14.7 Å². The van der Waals surface area contributed by atoms with Crippen LogP contribution in [0, 0.1) is 5.92 Å². The fourth-order valence-electron chi connectivity index (χ4n) is 2.09. The van der Waals surface area contributed by atoms with Gasteiger partial charge in [-0.3, -0.25) is 0 Å². The summed E-state index contributed by atoms with van der Waals surface area (Å²) in [7, 11) is 0. The Balaban J connectivity index is 2.75. The first-order valence-corrected chi connectivity index (χ1v) is 6.15. The van der Waals surface area contributed by atoms with Gasteiger partial charge in [0.25, 0.3) is 0 Å². The van der Waals surface area contributed by atoms with Crippen LogP contribution >= 0.6 is 0 Å². The van der Waals surface area contributed by atoms with Crippen molar-refractivity contribution in [3.63, 3.8) is 0 Å². The van der Waals surface area contributed by atoms with Gasteiger partial charge in [0.15, 0.2) is 0 Å². The molecule has 1 unspecified atom stereocenters. The summed E-state index contributed by atoms with van der Waals surface area (Å²) in [5, 5.41) is 12.6. The van der Waals surface area contributed by atoms with Gasteiger partial charge in [-0.1, -0.05) is 0 Å². The number of hydrogen-bond donors (Lipinski definition) is 3. The number of ether oxygens (including phenoxy) is 1. The van der Waals surface area contributed by atoms with Gasteiger partial charge in [-0.2, -0.15) is 5.48 Å². The van der Waals surface area contributed by atoms with Gasteiger partial charge < -0.3 is 15.3 Å². The quantitative estimate of drug-likeness (QED) is 0.511. The first kappa shape index (κ1) is 14.4. The zero-order chi connectivity index (χ0) is 13.1. The second kappa shape index (κ2) is 5.33. The molecule has 0 amide bonds. The lowest BCUT2D eigenvalue weighted by atomic mass is 9.80. The monoisotopic (exact) mass is 244 g/mol. The molecule has 0 bridgehead atoms. The number of carbonyl (C=O) groups excluding carboxylic acids is 1. The zero-order valence-corrected chi connectivity index (χ0v) is 11.2. The van der Waals surface area contributed by atoms with E-state index in [0.717, 1.165) is 25.9 Å². The van der Waals surface area contributed by atoms with Crippen molar-refractivity contribution in [2.75, 3.05) is 13.1 Å². The van der Waals surface area contributed by atoms with Gasteiger partial charge in [-0.05, 0) is 59.5 Å². The van der Waals surface area contributed by atoms with Crippen molar-refractivity contribution in [1.82, 2.24) is 10.8 Å². The molecular weight excluding hydrogens is 220 g/mol. The standard InChI is InChI=1S/C12H24N2O3/c1-11(2,3)17-10(15)12(4,14-16)9-5-7-13-8-6-9/h9,13-14,16H,5-8H2,1-4H3. The number of hydroxylamine groups is 1. The van der Waals surface area contributed by atoms with E-state index in [2.05, 4.69) is 10.8 Å². The Kier molecular flexibility index (Phi) is 4.52. The minimum Gasteiger partial charge on any atom is -0.459 e. The summed E-state index contributed by atoms with van der Waals surface area (Å²) >= 11 is 0. The second-order valence-corrected chi connectivity index (χ2v) is 5.84. The number of hydrogen-bond acceptors (Lipinski definition) is 5. The predicted molar refractivity (Wildman–Crippen MR) is 64.8 cm³/mol. The topological polar surface area (TPSA) is 70.6 Å². The summed E-state index contributed by atoms with van der Waals surface area (Å²) in [5.74, 6) is -0.303. The Morgan fingerprint density at radius 2 is 1.82 bits per heavy atom. The van der Waals surface area contributed by atoms with E-state index < -0.39 is 11.1 Å². The van der Waals surface area contributed by atoms with Gasteiger partial charge in [0.05, 0.1) is 0 Å². The molecule has 1 saturated heterocycles. The normalized spacial score (nSPS) is 21.9. The van der Waals surface area contributed by atoms with Crippen LogP contribution in [-0.2, 0) is 9.53 Å². The minimum absolute atomic E-state index is 0.0867. The molecule has 100 valence electrons. The summed E-state index contributed by atoms with van der Waals surface area (Å²) in [4.78, 5) is 12.1. The third-order valence-electron chi connectivity index (χ3n) is 3.21. The van der Waals surface area contributed by atoms with Crippen molar-refractivity contribution in [1.29, 1.82) is 0 Å². The highest BCUT2D eigenvalue weighted by atomic mass is 16.6. The van der Waals surface area contributed by atoms with E-state index in [9.17, 15) is 10.0 Å². The average molecular weight is 244 g/mol. The molecule has 1 aliphatic heterocycles. The summed E-state index contributed by atoms with van der Waals surface area (Å²) < 4.78 is 5.37. The minimum atomic E-state index is -1.02. The molecule has 5 nitrogen and oxygen atoms in total. The van der Waals surface area contributed by atoms with E-state index >= 15 is 0 Å². The van der Waals surface area contributed by atoms with Crippen molar-refractivity contribution in [3.05, 3.63) is 0 Å². The molecule has 1 atom stereocenters. The van der Waals surface area contributed by atoms with Crippen LogP contribution in [0.25, 0.3) is 0 Å². The lowest BCUT2D eigenvalue weighted by molar-refractivity contribution is -0.171. The maximum atomic E-state index is 12.1. The fraction of sp³-hybridized carbons (Fsp3) is 0.917. The SMILES string of the molecule is CC(C)(C)OC(=O)C(C)(NO)C1CCNCC1. The number of carbonyl (C=O) groups is 1. The van der Waals surface area contributed by atoms with Crippen LogP contribution in [0.5, 0.6) is 0 Å². The molecule has 3 N–H and O–H groups in total. The molecule has 1 aliphatic rings. The van der Waals surface area contributed by atoms with Crippen LogP contribution < -0.4 is 10.8 Å². The second-order valence-electron chi connectivity index (χ2n) is 5.84. The molecule has 5 heteroatoms. The molecule has 1 fully saturated rings. The van der Waals surface area contributed by atoms with Gasteiger partial charge in [-0.15, -0.1) is 0 Å². The molecule has 1 rings (SSSR count). The van der Waals surface area contributed by atoms with E-state index in [0.29, 0.717) is 0 Å². The van der Waals surface area contributed by atoms with Crippen LogP contribution in [0.4, 0.5) is 0 Å². The lowest BCUT2D eigenvalue weighted by Gasteiger charge is -2.38. The molecule has 17 heavy (non-hydrogen) atoms. The number of nitrogens with one attached hydrogen (secondary N) is 2. The number of piperidine rings is 1. The molecular formula is C12H24N2O3. The van der Waals surface area contributed by atoms with Crippen LogP contribution in [-0.4, -0.2) is 35.4 Å². The van der Waals surface area contributed by atoms with Crippen LogP contribution in [0.3, 0.4) is 0 Å². The smallest absolute Gasteiger partial charge is 0.329 e. The first-order valence-electron chi connectivity index (χ1n) is 6.15. The van der Waals surface area contributed by atoms with Gasteiger partial charge in [-0.25, -0.2) is 4.79 Å². The molecule has 0 aromatic heterocycles. The highest BCUT2D eigenvalue weighted by Gasteiger charge is 2.44. The molecule has 0 saturated carbocycles. The highest BCUT2D eigenvalue weighted by molar-refractivity contribution is 5.81. The predicted octanol–water partition coefficient (Wildman–Crippen LogP) is 1.07. The Bertz CT molecular complexity index is 269. The summed E-state index contributed by atoms with van der Waals surface area (Å²) in [6.07, 6.45) is 1.70. The molecule has 1 heterocycles. The van der Waals surface area contributed by atoms with Gasteiger partial charge in [0.2, 0.25) is 0 Å². The molecule has 0 aromatic rings. The fourth-order valence-corrected chi connectivity index (χ4v) is 2.09. The van der Waals surface area contributed by atoms with Crippen molar-refractivity contribution in [2.24, 2.45) is 5.92 Å². The Morgan fingerprint density at radius 3 is 2.24 bits per heavy atom. The van der Waals surface area contributed by atoms with Gasteiger partial charge in [0, 0.05) is 0 Å². The number of esters is 1. The summed E-state index contributed by atoms with van der Waals surface area (Å²) in [6.45, 7) is 8.91. The first-order chi connectivity index (χ1) is 7.79. The maximum absolute atomic E-state index is 12.1. The van der Waals surface area contributed by atoms with Crippen molar-refractivity contribution in [2.45, 2.75) is 51.7 Å². The van der Waals surface area contributed by atoms with E-state index in [-0.39, 0.29) is 11.9 Å². The summed E-state index contributed by atoms with van der Waals surface area (Å²) in [6, 6.07) is 0. The highest BCUT2D eigenvalue weighted by Crippen LogP contribution is 2.28. The Labute approximate surface area is 103 Å². The molecule has 0 radical (unpaired) electrons. The van der Waals surface area contributed by atoms with Gasteiger partial charge >= 0.3 is 5.97 Å². The zero-order valence-electron chi connectivity index (χ0n) is 11.2. The third-order valence-corrected chi connectivity index (χ3v) is 3.21. The van der Waals surface area contributed by atoms with Crippen LogP contribution in [0.1, 0.15) is 40.5 Å². The molecule has 0 spiro atoms. The average Bonchev–Trinajstić information content (AvgIpc) is 2.27. The molecule has 0 aliphatic carbocycles. The van der Waals surface area contributed by atoms with E-state index in [1.807, 2.05) is 20.8 Å².